The summed E-state index contributed by atoms with van der Waals surface area (Å²) >= 11 is 0. The number of hydrogen-bond acceptors (Lipinski definition) is 4. The molecule has 1 unspecified atom stereocenters. The second kappa shape index (κ2) is 8.44. The lowest BCUT2D eigenvalue weighted by atomic mass is 10.3. The van der Waals surface area contributed by atoms with Crippen molar-refractivity contribution in [2.24, 2.45) is 0 Å². The van der Waals surface area contributed by atoms with Crippen LogP contribution in [0.5, 0.6) is 0 Å². The van der Waals surface area contributed by atoms with Crippen LogP contribution in [-0.4, -0.2) is 56.5 Å². The maximum Gasteiger partial charge on any atom is 0.107 e. The largest absolute Gasteiger partial charge is 0.378 e. The van der Waals surface area contributed by atoms with Gasteiger partial charge in [0, 0.05) is 26.2 Å². The van der Waals surface area contributed by atoms with Gasteiger partial charge in [0.2, 0.25) is 0 Å². The zero-order valence-corrected chi connectivity index (χ0v) is 9.01. The molecule has 0 fully saturated rings. The third kappa shape index (κ3) is 5.99. The van der Waals surface area contributed by atoms with E-state index in [1.54, 1.807) is 0 Å². The molecule has 0 aliphatic rings. The fraction of sp³-hybridized carbons (Fsp3) is 1.00. The molecule has 3 N–H and O–H groups in total. The topological polar surface area (TPSA) is 47.5 Å². The van der Waals surface area contributed by atoms with Gasteiger partial charge in [0.05, 0.1) is 0 Å². The van der Waals surface area contributed by atoms with Gasteiger partial charge in [-0.15, -0.1) is 0 Å². The fourth-order valence-corrected chi connectivity index (χ4v) is 1.18. The van der Waals surface area contributed by atoms with E-state index in [1.807, 2.05) is 21.0 Å². The highest BCUT2D eigenvalue weighted by molar-refractivity contribution is 4.62. The van der Waals surface area contributed by atoms with Gasteiger partial charge in [-0.3, -0.25) is 4.90 Å². The summed E-state index contributed by atoms with van der Waals surface area (Å²) in [6.45, 7) is 5.62. The van der Waals surface area contributed by atoms with Crippen LogP contribution in [0, 0.1) is 0 Å². The summed E-state index contributed by atoms with van der Waals surface area (Å²) in [5.74, 6) is 0. The third-order valence-corrected chi connectivity index (χ3v) is 2.08. The predicted molar refractivity (Wildman–Crippen MR) is 55.7 cm³/mol. The third-order valence-electron chi connectivity index (χ3n) is 2.08. The molecule has 0 saturated carbocycles. The molecule has 13 heavy (non-hydrogen) atoms. The highest BCUT2D eigenvalue weighted by Crippen LogP contribution is 1.98. The summed E-state index contributed by atoms with van der Waals surface area (Å²) in [6, 6.07) is 0. The summed E-state index contributed by atoms with van der Waals surface area (Å²) in [4.78, 5) is 2.08. The van der Waals surface area contributed by atoms with Gasteiger partial charge in [-0.05, 0) is 20.5 Å². The molecule has 4 heteroatoms. The van der Waals surface area contributed by atoms with E-state index in [0.29, 0.717) is 0 Å². The number of aliphatic hydroxyl groups excluding tert-OH is 1. The molecule has 0 aliphatic heterocycles. The molecule has 0 aromatic heterocycles. The van der Waals surface area contributed by atoms with Gasteiger partial charge in [0.1, 0.15) is 6.23 Å². The molecule has 0 aromatic rings. The van der Waals surface area contributed by atoms with Crippen LogP contribution in [0.3, 0.4) is 0 Å². The van der Waals surface area contributed by atoms with Gasteiger partial charge in [-0.2, -0.15) is 0 Å². The lowest BCUT2D eigenvalue weighted by Crippen LogP contribution is -2.42. The molecule has 4 nitrogen and oxygen atoms in total. The second-order valence-corrected chi connectivity index (χ2v) is 3.13. The van der Waals surface area contributed by atoms with Crippen LogP contribution in [0.1, 0.15) is 13.3 Å². The number of hydrogen-bond donors (Lipinski definition) is 3. The van der Waals surface area contributed by atoms with Crippen molar-refractivity contribution >= 4 is 0 Å². The summed E-state index contributed by atoms with van der Waals surface area (Å²) in [5, 5.41) is 15.8. The van der Waals surface area contributed by atoms with Crippen LogP contribution in [0.15, 0.2) is 0 Å². The normalized spacial score (nSPS) is 13.6. The van der Waals surface area contributed by atoms with Crippen molar-refractivity contribution < 1.29 is 5.11 Å². The van der Waals surface area contributed by atoms with E-state index in [-0.39, 0.29) is 6.23 Å². The summed E-state index contributed by atoms with van der Waals surface area (Å²) in [6.07, 6.45) is 0.481. The average Bonchev–Trinajstić information content (AvgIpc) is 2.17. The van der Waals surface area contributed by atoms with Crippen molar-refractivity contribution in [3.05, 3.63) is 0 Å². The average molecular weight is 189 g/mol. The van der Waals surface area contributed by atoms with Gasteiger partial charge >= 0.3 is 0 Å². The van der Waals surface area contributed by atoms with Crippen LogP contribution >= 0.6 is 0 Å². The molecule has 80 valence electrons. The number of aliphatic hydroxyl groups is 1. The molecule has 0 rings (SSSR count). The summed E-state index contributed by atoms with van der Waals surface area (Å²) in [5.41, 5.74) is 0. The Morgan fingerprint density at radius 3 is 1.92 bits per heavy atom. The first-order valence-electron chi connectivity index (χ1n) is 4.97. The lowest BCUT2D eigenvalue weighted by molar-refractivity contribution is 0.00325. The Morgan fingerprint density at radius 1 is 1.15 bits per heavy atom. The molecule has 0 amide bonds. The fourth-order valence-electron chi connectivity index (χ4n) is 1.18. The van der Waals surface area contributed by atoms with E-state index in [4.69, 9.17) is 0 Å². The smallest absolute Gasteiger partial charge is 0.107 e. The Bertz CT molecular complexity index is 103. The first-order chi connectivity index (χ1) is 6.26. The number of rotatable bonds is 8. The van der Waals surface area contributed by atoms with Gasteiger partial charge in [0.25, 0.3) is 0 Å². The van der Waals surface area contributed by atoms with Crippen LogP contribution < -0.4 is 10.6 Å². The molecule has 0 heterocycles. The molecule has 0 saturated heterocycles. The molecular formula is C9H23N3O. The molecule has 0 radical (unpaired) electrons. The van der Waals surface area contributed by atoms with E-state index in [9.17, 15) is 5.11 Å². The number of nitrogens with one attached hydrogen (secondary N) is 2. The number of nitrogens with zero attached hydrogens (tertiary/aromatic N) is 1. The summed E-state index contributed by atoms with van der Waals surface area (Å²) < 4.78 is 0. The zero-order chi connectivity index (χ0) is 10.1. The quantitative estimate of drug-likeness (QED) is 0.449. The van der Waals surface area contributed by atoms with E-state index >= 15 is 0 Å². The molecule has 0 bridgehead atoms. The van der Waals surface area contributed by atoms with Crippen molar-refractivity contribution in [1.29, 1.82) is 0 Å². The molecule has 0 aromatic carbocycles. The number of likely N-dealkylation sites (N-methyl/N-ethyl adjacent to an activating group) is 2. The highest BCUT2D eigenvalue weighted by Gasteiger charge is 2.11. The van der Waals surface area contributed by atoms with Gasteiger partial charge in [-0.1, -0.05) is 6.92 Å². The van der Waals surface area contributed by atoms with E-state index in [0.717, 1.165) is 32.6 Å². The Morgan fingerprint density at radius 2 is 1.62 bits per heavy atom. The molecule has 1 atom stereocenters. The maximum atomic E-state index is 9.64. The Kier molecular flexibility index (Phi) is 8.33. The Balaban J connectivity index is 3.72. The lowest BCUT2D eigenvalue weighted by Gasteiger charge is -2.26. The molecule has 0 spiro atoms. The second-order valence-electron chi connectivity index (χ2n) is 3.13. The highest BCUT2D eigenvalue weighted by atomic mass is 16.3. The minimum Gasteiger partial charge on any atom is -0.378 e. The van der Waals surface area contributed by atoms with Gasteiger partial charge in [0.15, 0.2) is 0 Å². The maximum absolute atomic E-state index is 9.64. The monoisotopic (exact) mass is 189 g/mol. The Hall–Kier alpha value is -0.160. The van der Waals surface area contributed by atoms with Crippen LogP contribution in [0.25, 0.3) is 0 Å². The van der Waals surface area contributed by atoms with Crippen molar-refractivity contribution in [1.82, 2.24) is 15.5 Å². The van der Waals surface area contributed by atoms with Crippen molar-refractivity contribution in [3.8, 4) is 0 Å². The van der Waals surface area contributed by atoms with E-state index in [1.165, 1.54) is 0 Å². The van der Waals surface area contributed by atoms with Gasteiger partial charge < -0.3 is 15.7 Å². The van der Waals surface area contributed by atoms with E-state index in [2.05, 4.69) is 15.5 Å². The SMILES string of the molecule is CCC(O)N(CCNC)CCNC. The summed E-state index contributed by atoms with van der Waals surface area (Å²) in [7, 11) is 3.85. The predicted octanol–water partition coefficient (Wildman–Crippen LogP) is -0.544. The minimum absolute atomic E-state index is 0.304. The minimum atomic E-state index is -0.304. The van der Waals surface area contributed by atoms with Crippen molar-refractivity contribution in [2.75, 3.05) is 40.3 Å². The molecular weight excluding hydrogens is 166 g/mol. The zero-order valence-electron chi connectivity index (χ0n) is 9.01. The van der Waals surface area contributed by atoms with Crippen LogP contribution in [-0.2, 0) is 0 Å². The van der Waals surface area contributed by atoms with Gasteiger partial charge in [-0.25, -0.2) is 0 Å². The Labute approximate surface area is 81.3 Å². The van der Waals surface area contributed by atoms with Crippen LogP contribution in [0.4, 0.5) is 0 Å². The van der Waals surface area contributed by atoms with E-state index < -0.39 is 0 Å². The van der Waals surface area contributed by atoms with Crippen molar-refractivity contribution in [3.63, 3.8) is 0 Å². The standard InChI is InChI=1S/C9H23N3O/c1-4-9(13)12(7-5-10-2)8-6-11-3/h9-11,13H,4-8H2,1-3H3. The van der Waals surface area contributed by atoms with Crippen LogP contribution in [0.2, 0.25) is 0 Å². The molecule has 0 aliphatic carbocycles. The first-order valence-corrected chi connectivity index (χ1v) is 4.97. The van der Waals surface area contributed by atoms with Crippen molar-refractivity contribution in [2.45, 2.75) is 19.6 Å². The first kappa shape index (κ1) is 12.8.